The van der Waals surface area contributed by atoms with Crippen LogP contribution in [0.5, 0.6) is 5.75 Å². The zero-order valence-corrected chi connectivity index (χ0v) is 30.2. The minimum absolute atomic E-state index is 0.0298. The van der Waals surface area contributed by atoms with E-state index in [0.29, 0.717) is 5.57 Å². The lowest BCUT2D eigenvalue weighted by atomic mass is 9.98. The highest BCUT2D eigenvalue weighted by atomic mass is 32.2. The van der Waals surface area contributed by atoms with Crippen LogP contribution in [0.4, 0.5) is 22.7 Å². The van der Waals surface area contributed by atoms with Crippen LogP contribution < -0.4 is 15.8 Å². The topological polar surface area (TPSA) is 226 Å². The zero-order chi connectivity index (χ0) is 39.8. The number of carbonyl (C=O) groups excluding carboxylic acids is 5. The second-order valence-electron chi connectivity index (χ2n) is 12.2. The van der Waals surface area contributed by atoms with E-state index in [1.165, 1.54) is 35.3 Å². The van der Waals surface area contributed by atoms with Crippen LogP contribution in [0.25, 0.3) is 0 Å². The molecule has 53 heavy (non-hydrogen) atoms. The number of thiazole rings is 1. The number of nitrogens with one attached hydrogen (secondary N) is 1. The molecular weight excluding hydrogens is 758 g/mol. The summed E-state index contributed by atoms with van der Waals surface area (Å²) in [7, 11) is 0. The smallest absolute Gasteiger partial charge is 0.489 e. The van der Waals surface area contributed by atoms with E-state index in [4.69, 9.17) is 34.7 Å². The first-order valence-electron chi connectivity index (χ1n) is 15.1. The molecule has 0 saturated carbocycles. The van der Waals surface area contributed by atoms with E-state index in [-0.39, 0.29) is 40.3 Å². The van der Waals surface area contributed by atoms with E-state index in [1.807, 2.05) is 0 Å². The molecule has 0 bridgehead atoms. The highest BCUT2D eigenvalue weighted by Crippen LogP contribution is 2.41. The molecule has 16 nitrogen and oxygen atoms in total. The summed E-state index contributed by atoms with van der Waals surface area (Å²) in [6, 6.07) is 4.27. The molecule has 1 aromatic heterocycles. The molecule has 288 valence electrons. The van der Waals surface area contributed by atoms with Gasteiger partial charge in [0.15, 0.2) is 10.8 Å². The highest BCUT2D eigenvalue weighted by molar-refractivity contribution is 8.00. The van der Waals surface area contributed by atoms with Crippen molar-refractivity contribution in [1.82, 2.24) is 15.2 Å². The first kappa shape index (κ1) is 42.2. The van der Waals surface area contributed by atoms with E-state index < -0.39 is 77.2 Å². The standard InChI is InChI=1S/C29H32FN5O9S2.C2HF3O2/c1-14(2)25(38)44-34-19(18-12-46-28(31)32-18)22(36)33-20-23(37)35-21(26(39)42-13-43-27(40)29(3,4)5)15(11-45-24(20)35)10-41-17-8-6-7-16(30)9-17;3-2(4,5)1(6)7/h6-9,12,14,20,24H,10-11,13H2,1-5H3,(H2,31,32)(H,33,36);(H,6,7)/t20?,24-;/m0./s1. The second kappa shape index (κ2) is 17.5. The van der Waals surface area contributed by atoms with E-state index in [9.17, 15) is 41.5 Å². The summed E-state index contributed by atoms with van der Waals surface area (Å²) < 4.78 is 61.4. The van der Waals surface area contributed by atoms with Crippen LogP contribution in [0.1, 0.15) is 40.3 Å². The van der Waals surface area contributed by atoms with Gasteiger partial charge in [-0.1, -0.05) is 25.1 Å². The number of benzene rings is 1. The fraction of sp³-hybridized carbons (Fsp3) is 0.419. The predicted octanol–water partition coefficient (Wildman–Crippen LogP) is 3.22. The van der Waals surface area contributed by atoms with Gasteiger partial charge in [-0.3, -0.25) is 19.3 Å². The zero-order valence-electron chi connectivity index (χ0n) is 28.5. The number of hydrogen-bond donors (Lipinski definition) is 3. The van der Waals surface area contributed by atoms with E-state index in [2.05, 4.69) is 15.5 Å². The number of aliphatic carboxylic acids is 1. The Labute approximate surface area is 306 Å². The lowest BCUT2D eigenvalue weighted by Crippen LogP contribution is -2.71. The van der Waals surface area contributed by atoms with Crippen molar-refractivity contribution in [3.8, 4) is 5.75 Å². The fourth-order valence-corrected chi connectivity index (χ4v) is 5.81. The molecule has 2 aliphatic heterocycles. The number of nitrogen functional groups attached to an aromatic ring is 1. The van der Waals surface area contributed by atoms with Gasteiger partial charge in [-0.2, -0.15) is 13.2 Å². The van der Waals surface area contributed by atoms with E-state index in [0.717, 1.165) is 22.3 Å². The van der Waals surface area contributed by atoms with Crippen molar-refractivity contribution in [2.75, 3.05) is 24.9 Å². The number of nitrogens with zero attached hydrogens (tertiary/aromatic N) is 3. The molecule has 2 aromatic rings. The molecule has 1 aromatic carbocycles. The maximum atomic E-state index is 13.7. The largest absolute Gasteiger partial charge is 0.490 e. The molecule has 0 aliphatic carbocycles. The molecule has 22 heteroatoms. The number of nitrogens with two attached hydrogens (primary N) is 1. The van der Waals surface area contributed by atoms with Crippen LogP contribution >= 0.6 is 23.1 Å². The Balaban J connectivity index is 0.000000980. The molecule has 3 heterocycles. The van der Waals surface area contributed by atoms with Crippen molar-refractivity contribution in [1.29, 1.82) is 0 Å². The molecule has 0 spiro atoms. The summed E-state index contributed by atoms with van der Waals surface area (Å²) in [6.45, 7) is 7.16. The predicted molar refractivity (Wildman–Crippen MR) is 178 cm³/mol. The molecule has 2 atom stereocenters. The number of ether oxygens (including phenoxy) is 3. The second-order valence-corrected chi connectivity index (χ2v) is 14.2. The molecule has 1 fully saturated rings. The Kier molecular flexibility index (Phi) is 13.9. The van der Waals surface area contributed by atoms with Gasteiger partial charge in [-0.05, 0) is 32.9 Å². The van der Waals surface area contributed by atoms with Gasteiger partial charge in [0.2, 0.25) is 6.79 Å². The number of rotatable bonds is 11. The normalized spacial score (nSPS) is 17.1. The summed E-state index contributed by atoms with van der Waals surface area (Å²) >= 11 is 2.26. The Bertz CT molecular complexity index is 1810. The minimum Gasteiger partial charge on any atom is -0.489 e. The maximum Gasteiger partial charge on any atom is 0.490 e. The third-order valence-corrected chi connectivity index (χ3v) is 8.66. The number of amides is 2. The number of hydrogen-bond acceptors (Lipinski definition) is 15. The number of oxime groups is 1. The van der Waals surface area contributed by atoms with E-state index >= 15 is 0 Å². The van der Waals surface area contributed by atoms with Gasteiger partial charge in [-0.15, -0.1) is 23.1 Å². The van der Waals surface area contributed by atoms with Gasteiger partial charge >= 0.3 is 30.1 Å². The Morgan fingerprint density at radius 2 is 1.81 bits per heavy atom. The number of aromatic nitrogens is 1. The van der Waals surface area contributed by atoms with Gasteiger partial charge in [0.1, 0.15) is 41.0 Å². The summed E-state index contributed by atoms with van der Waals surface area (Å²) in [5.41, 5.74) is 4.70. The quantitative estimate of drug-likeness (QED) is 0.0565. The van der Waals surface area contributed by atoms with Gasteiger partial charge in [-0.25, -0.2) is 23.8 Å². The SMILES string of the molecule is CC(C)C(=O)ON=C(C(=O)NC1C(=O)N2C(C(=O)OCOC(=O)C(C)(C)C)=C(COc3cccc(F)c3)CS[C@@H]12)c1csc(N)n1.O=C(O)C(F)(F)F. The lowest BCUT2D eigenvalue weighted by molar-refractivity contribution is -0.192. The molecule has 1 saturated heterocycles. The number of carboxylic acids is 1. The number of esters is 2. The van der Waals surface area contributed by atoms with Gasteiger partial charge in [0.05, 0.1) is 11.3 Å². The summed E-state index contributed by atoms with van der Waals surface area (Å²) in [6.07, 6.45) is -5.08. The van der Waals surface area contributed by atoms with Gasteiger partial charge in [0.25, 0.3) is 11.8 Å². The van der Waals surface area contributed by atoms with Gasteiger partial charge < -0.3 is 35.2 Å². The average Bonchev–Trinajstić information content (AvgIpc) is 3.50. The first-order chi connectivity index (χ1) is 24.6. The van der Waals surface area contributed by atoms with Gasteiger partial charge in [0, 0.05) is 22.8 Å². The van der Waals surface area contributed by atoms with Crippen LogP contribution in [0, 0.1) is 17.2 Å². The van der Waals surface area contributed by atoms with Crippen LogP contribution in [0.15, 0.2) is 46.1 Å². The summed E-state index contributed by atoms with van der Waals surface area (Å²) in [5, 5.41) is 14.2. The third-order valence-electron chi connectivity index (χ3n) is 6.65. The van der Waals surface area contributed by atoms with Crippen LogP contribution in [-0.4, -0.2) is 93.1 Å². The monoisotopic (exact) mass is 791 g/mol. The number of β-lactam (4-membered cyclic amide) rings is 1. The van der Waals surface area contributed by atoms with E-state index in [1.54, 1.807) is 34.6 Å². The third kappa shape index (κ3) is 11.4. The molecule has 0 radical (unpaired) electrons. The Hall–Kier alpha value is -5.25. The van der Waals surface area contributed by atoms with Crippen molar-refractivity contribution >= 4 is 69.6 Å². The molecule has 1 unspecified atom stereocenters. The fourth-order valence-electron chi connectivity index (χ4n) is 3.94. The van der Waals surface area contributed by atoms with Crippen LogP contribution in [-0.2, 0) is 43.1 Å². The van der Waals surface area contributed by atoms with Crippen molar-refractivity contribution in [2.45, 2.75) is 52.2 Å². The van der Waals surface area contributed by atoms with Crippen molar-refractivity contribution < 1.29 is 70.5 Å². The lowest BCUT2D eigenvalue weighted by Gasteiger charge is -2.49. The highest BCUT2D eigenvalue weighted by Gasteiger charge is 2.55. The molecular formula is C31H33F4N5O11S2. The number of thioether (sulfide) groups is 1. The number of anilines is 1. The molecule has 2 amide bonds. The summed E-state index contributed by atoms with van der Waals surface area (Å²) in [4.78, 5) is 83.2. The number of alkyl halides is 3. The van der Waals surface area contributed by atoms with Crippen molar-refractivity contribution in [3.63, 3.8) is 0 Å². The number of halogens is 4. The maximum absolute atomic E-state index is 13.7. The van der Waals surface area contributed by atoms with Crippen LogP contribution in [0.3, 0.4) is 0 Å². The van der Waals surface area contributed by atoms with Crippen molar-refractivity contribution in [2.24, 2.45) is 16.5 Å². The average molecular weight is 792 g/mol. The Morgan fingerprint density at radius 1 is 1.15 bits per heavy atom. The number of carbonyl (C=O) groups is 6. The first-order valence-corrected chi connectivity index (χ1v) is 17.0. The number of fused-ring (bicyclic) bond motifs is 1. The number of carboxylic acid groups (broad SMARTS) is 1. The summed E-state index contributed by atoms with van der Waals surface area (Å²) in [5.74, 6) is -7.27. The Morgan fingerprint density at radius 3 is 2.36 bits per heavy atom. The molecule has 4 N–H and O–H groups in total. The molecule has 4 rings (SSSR count). The van der Waals surface area contributed by atoms with Crippen molar-refractivity contribution in [3.05, 3.63) is 52.4 Å². The minimum atomic E-state index is -5.08. The van der Waals surface area contributed by atoms with Crippen LogP contribution in [0.2, 0.25) is 0 Å². The molecule has 2 aliphatic rings.